The summed E-state index contributed by atoms with van der Waals surface area (Å²) < 4.78 is 0. The van der Waals surface area contributed by atoms with Gasteiger partial charge in [0.2, 0.25) is 0 Å². The number of nitrogens with one attached hydrogen (secondary N) is 1. The van der Waals surface area contributed by atoms with E-state index in [0.717, 1.165) is 25.7 Å². The van der Waals surface area contributed by atoms with Gasteiger partial charge in [-0.15, -0.1) is 0 Å². The van der Waals surface area contributed by atoms with E-state index in [1.807, 2.05) is 0 Å². The van der Waals surface area contributed by atoms with Crippen LogP contribution in [0.4, 0.5) is 0 Å². The van der Waals surface area contributed by atoms with E-state index in [4.69, 9.17) is 5.11 Å². The zero-order chi connectivity index (χ0) is 10.6. The second-order valence-corrected chi connectivity index (χ2v) is 4.08. The van der Waals surface area contributed by atoms with E-state index in [-0.39, 0.29) is 12.0 Å². The van der Waals surface area contributed by atoms with E-state index in [1.54, 1.807) is 6.92 Å². The zero-order valence-corrected chi connectivity index (χ0v) is 8.57. The van der Waals surface area contributed by atoms with Crippen LogP contribution in [-0.2, 0) is 4.79 Å². The highest BCUT2D eigenvalue weighted by molar-refractivity contribution is 5.72. The van der Waals surface area contributed by atoms with Crippen molar-refractivity contribution in [2.45, 2.75) is 44.8 Å². The molecule has 0 bridgehead atoms. The van der Waals surface area contributed by atoms with Crippen LogP contribution in [0.2, 0.25) is 0 Å². The van der Waals surface area contributed by atoms with Crippen molar-refractivity contribution in [1.29, 1.82) is 0 Å². The number of aliphatic hydroxyl groups is 1. The molecule has 0 aromatic carbocycles. The Balaban J connectivity index is 2.25. The SMILES string of the molecule is CC(NCC1CCCCC1O)C(=O)O. The molecular formula is C10H19NO3. The molecule has 0 spiro atoms. The molecule has 0 aromatic heterocycles. The number of aliphatic hydroxyl groups excluding tert-OH is 1. The van der Waals surface area contributed by atoms with Crippen LogP contribution < -0.4 is 5.32 Å². The number of aliphatic carboxylic acids is 1. The molecule has 1 aliphatic carbocycles. The van der Waals surface area contributed by atoms with Crippen LogP contribution >= 0.6 is 0 Å². The molecule has 1 fully saturated rings. The molecule has 14 heavy (non-hydrogen) atoms. The first kappa shape index (κ1) is 11.5. The first-order valence-electron chi connectivity index (χ1n) is 5.25. The van der Waals surface area contributed by atoms with E-state index in [9.17, 15) is 9.90 Å². The molecule has 82 valence electrons. The van der Waals surface area contributed by atoms with Gasteiger partial charge < -0.3 is 15.5 Å². The van der Waals surface area contributed by atoms with Gasteiger partial charge in [-0.25, -0.2) is 0 Å². The Labute approximate surface area is 84.3 Å². The van der Waals surface area contributed by atoms with Crippen molar-refractivity contribution >= 4 is 5.97 Å². The van der Waals surface area contributed by atoms with E-state index in [0.29, 0.717) is 6.54 Å². The molecule has 0 saturated heterocycles. The number of hydrogen-bond acceptors (Lipinski definition) is 3. The third kappa shape index (κ3) is 3.27. The molecule has 3 atom stereocenters. The van der Waals surface area contributed by atoms with Crippen LogP contribution in [0.5, 0.6) is 0 Å². The summed E-state index contributed by atoms with van der Waals surface area (Å²) in [5, 5.41) is 21.2. The van der Waals surface area contributed by atoms with Gasteiger partial charge in [0.15, 0.2) is 0 Å². The van der Waals surface area contributed by atoms with Gasteiger partial charge in [-0.3, -0.25) is 4.79 Å². The minimum atomic E-state index is -0.838. The summed E-state index contributed by atoms with van der Waals surface area (Å²) in [4.78, 5) is 10.5. The monoisotopic (exact) mass is 201 g/mol. The van der Waals surface area contributed by atoms with Gasteiger partial charge in [0, 0.05) is 6.54 Å². The van der Waals surface area contributed by atoms with Crippen molar-refractivity contribution in [2.24, 2.45) is 5.92 Å². The lowest BCUT2D eigenvalue weighted by Gasteiger charge is -2.28. The quantitative estimate of drug-likeness (QED) is 0.623. The number of carboxylic acid groups (broad SMARTS) is 1. The summed E-state index contributed by atoms with van der Waals surface area (Å²) in [6.45, 7) is 2.23. The maximum absolute atomic E-state index is 10.5. The summed E-state index contributed by atoms with van der Waals surface area (Å²) in [5.41, 5.74) is 0. The number of rotatable bonds is 4. The van der Waals surface area contributed by atoms with Gasteiger partial charge in [-0.2, -0.15) is 0 Å². The standard InChI is InChI=1S/C10H19NO3/c1-7(10(13)14)11-6-8-4-2-3-5-9(8)12/h7-9,11-12H,2-6H2,1H3,(H,13,14). The van der Waals surface area contributed by atoms with Gasteiger partial charge in [0.1, 0.15) is 6.04 Å². The Morgan fingerprint density at radius 3 is 2.71 bits per heavy atom. The molecule has 1 aliphatic rings. The number of hydrogen-bond donors (Lipinski definition) is 3. The van der Waals surface area contributed by atoms with Crippen LogP contribution in [0.3, 0.4) is 0 Å². The van der Waals surface area contributed by atoms with Crippen molar-refractivity contribution in [2.75, 3.05) is 6.54 Å². The smallest absolute Gasteiger partial charge is 0.320 e. The second kappa shape index (κ2) is 5.32. The van der Waals surface area contributed by atoms with Gasteiger partial charge >= 0.3 is 5.97 Å². The topological polar surface area (TPSA) is 69.6 Å². The van der Waals surface area contributed by atoms with Crippen LogP contribution in [-0.4, -0.2) is 34.9 Å². The van der Waals surface area contributed by atoms with Gasteiger partial charge in [-0.1, -0.05) is 12.8 Å². The molecule has 0 amide bonds. The molecular weight excluding hydrogens is 182 g/mol. The average molecular weight is 201 g/mol. The molecule has 3 N–H and O–H groups in total. The summed E-state index contributed by atoms with van der Waals surface area (Å²) >= 11 is 0. The summed E-state index contributed by atoms with van der Waals surface area (Å²) in [6, 6.07) is -0.524. The Morgan fingerprint density at radius 1 is 1.50 bits per heavy atom. The molecule has 4 nitrogen and oxygen atoms in total. The van der Waals surface area contributed by atoms with Crippen molar-refractivity contribution in [3.05, 3.63) is 0 Å². The summed E-state index contributed by atoms with van der Waals surface area (Å²) in [5.74, 6) is -0.610. The Kier molecular flexibility index (Phi) is 4.35. The van der Waals surface area contributed by atoms with Crippen molar-refractivity contribution in [3.8, 4) is 0 Å². The fraction of sp³-hybridized carbons (Fsp3) is 0.900. The third-order valence-electron chi connectivity index (χ3n) is 2.93. The average Bonchev–Trinajstić information content (AvgIpc) is 2.16. The van der Waals surface area contributed by atoms with Crippen molar-refractivity contribution in [3.63, 3.8) is 0 Å². The van der Waals surface area contributed by atoms with Crippen LogP contribution in [0.15, 0.2) is 0 Å². The van der Waals surface area contributed by atoms with Gasteiger partial charge in [-0.05, 0) is 25.7 Å². The molecule has 1 rings (SSSR count). The minimum absolute atomic E-state index is 0.227. The zero-order valence-electron chi connectivity index (χ0n) is 8.57. The van der Waals surface area contributed by atoms with E-state index < -0.39 is 12.0 Å². The van der Waals surface area contributed by atoms with Gasteiger partial charge in [0.25, 0.3) is 0 Å². The second-order valence-electron chi connectivity index (χ2n) is 4.08. The third-order valence-corrected chi connectivity index (χ3v) is 2.93. The lowest BCUT2D eigenvalue weighted by atomic mass is 9.86. The van der Waals surface area contributed by atoms with E-state index >= 15 is 0 Å². The predicted octanol–water partition coefficient (Wildman–Crippen LogP) is 0.600. The predicted molar refractivity (Wildman–Crippen MR) is 53.1 cm³/mol. The largest absolute Gasteiger partial charge is 0.480 e. The molecule has 3 unspecified atom stereocenters. The highest BCUT2D eigenvalue weighted by atomic mass is 16.4. The van der Waals surface area contributed by atoms with E-state index in [1.165, 1.54) is 0 Å². The van der Waals surface area contributed by atoms with Crippen LogP contribution in [0, 0.1) is 5.92 Å². The van der Waals surface area contributed by atoms with Crippen molar-refractivity contribution < 1.29 is 15.0 Å². The number of carbonyl (C=O) groups is 1. The Morgan fingerprint density at radius 2 is 2.14 bits per heavy atom. The van der Waals surface area contributed by atoms with Crippen LogP contribution in [0.25, 0.3) is 0 Å². The first-order chi connectivity index (χ1) is 6.61. The molecule has 0 radical (unpaired) electrons. The molecule has 0 aliphatic heterocycles. The minimum Gasteiger partial charge on any atom is -0.480 e. The lowest BCUT2D eigenvalue weighted by Crippen LogP contribution is -2.41. The maximum atomic E-state index is 10.5. The molecule has 0 aromatic rings. The number of carboxylic acids is 1. The van der Waals surface area contributed by atoms with Gasteiger partial charge in [0.05, 0.1) is 6.10 Å². The fourth-order valence-corrected chi connectivity index (χ4v) is 1.84. The normalized spacial score (nSPS) is 29.9. The maximum Gasteiger partial charge on any atom is 0.320 e. The Hall–Kier alpha value is -0.610. The fourth-order valence-electron chi connectivity index (χ4n) is 1.84. The van der Waals surface area contributed by atoms with E-state index in [2.05, 4.69) is 5.32 Å². The first-order valence-corrected chi connectivity index (χ1v) is 5.25. The highest BCUT2D eigenvalue weighted by Gasteiger charge is 2.23. The van der Waals surface area contributed by atoms with Crippen LogP contribution in [0.1, 0.15) is 32.6 Å². The summed E-state index contributed by atoms with van der Waals surface area (Å²) in [7, 11) is 0. The molecule has 4 heteroatoms. The molecule has 0 heterocycles. The highest BCUT2D eigenvalue weighted by Crippen LogP contribution is 2.23. The van der Waals surface area contributed by atoms with Crippen molar-refractivity contribution in [1.82, 2.24) is 5.32 Å². The summed E-state index contributed by atoms with van der Waals surface area (Å²) in [6.07, 6.45) is 3.84. The lowest BCUT2D eigenvalue weighted by molar-refractivity contribution is -0.139. The Bertz CT molecular complexity index is 196. The molecule has 1 saturated carbocycles.